The SMILES string of the molecule is Cc1c(-c2ccc(Oc3ncnc4ccsc34)cc2)n(C)c(=O)[nH]c1=O.Cc1c(-c2ccc(Oc3ncnc4ccsc34)cc2)n(C)c(=O)[nH]c1=O.Cc1c(-c2ccc(Oc3ncnc4ccsc34)cc2)n(C)c(=O)[nH]c1=O. The number of hydrogen-bond acceptors (Lipinski definition) is 18. The van der Waals surface area contributed by atoms with Crippen molar-refractivity contribution in [3.63, 3.8) is 0 Å². The summed E-state index contributed by atoms with van der Waals surface area (Å²) < 4.78 is 24.5. The maximum absolute atomic E-state index is 11.9. The lowest BCUT2D eigenvalue weighted by Crippen LogP contribution is -2.31. The Labute approximate surface area is 451 Å². The normalized spacial score (nSPS) is 11.0. The van der Waals surface area contributed by atoms with Gasteiger partial charge in [0.25, 0.3) is 16.7 Å². The molecule has 0 aliphatic heterocycles. The zero-order valence-corrected chi connectivity index (χ0v) is 44.5. The number of thiophene rings is 3. The molecule has 0 aliphatic carbocycles. The Balaban J connectivity index is 0.000000132. The minimum absolute atomic E-state index is 0.385. The van der Waals surface area contributed by atoms with Crippen molar-refractivity contribution in [2.24, 2.45) is 21.1 Å². The predicted octanol–water partition coefficient (Wildman–Crippen LogP) is 8.54. The topological polar surface area (TPSA) is 270 Å². The Hall–Kier alpha value is -9.78. The number of hydrogen-bond donors (Lipinski definition) is 3. The molecule has 0 atom stereocenters. The first-order chi connectivity index (χ1) is 37.6. The van der Waals surface area contributed by atoms with Gasteiger partial charge in [0.15, 0.2) is 0 Å². The second-order valence-electron chi connectivity index (χ2n) is 17.2. The van der Waals surface area contributed by atoms with Gasteiger partial charge in [0.1, 0.15) is 50.3 Å². The van der Waals surface area contributed by atoms with Crippen molar-refractivity contribution in [2.45, 2.75) is 20.8 Å². The van der Waals surface area contributed by atoms with E-state index in [0.29, 0.717) is 68.7 Å². The molecule has 0 saturated carbocycles. The zero-order chi connectivity index (χ0) is 54.8. The van der Waals surface area contributed by atoms with Crippen LogP contribution in [0.1, 0.15) is 16.7 Å². The smallest absolute Gasteiger partial charge is 0.328 e. The third-order valence-corrected chi connectivity index (χ3v) is 15.0. The minimum Gasteiger partial charge on any atom is -0.437 e. The fourth-order valence-electron chi connectivity index (χ4n) is 8.33. The van der Waals surface area contributed by atoms with Gasteiger partial charge in [-0.1, -0.05) is 0 Å². The Morgan fingerprint density at radius 1 is 0.372 bits per heavy atom. The van der Waals surface area contributed by atoms with Crippen LogP contribution >= 0.6 is 34.0 Å². The van der Waals surface area contributed by atoms with Gasteiger partial charge in [-0.05, 0) is 145 Å². The van der Waals surface area contributed by atoms with Gasteiger partial charge in [0, 0.05) is 37.8 Å². The molecule has 12 rings (SSSR count). The molecule has 0 spiro atoms. The van der Waals surface area contributed by atoms with E-state index in [1.54, 1.807) is 78.3 Å². The second-order valence-corrected chi connectivity index (χ2v) is 19.9. The van der Waals surface area contributed by atoms with Crippen LogP contribution in [0.5, 0.6) is 34.9 Å². The monoisotopic (exact) mass is 1100 g/mol. The van der Waals surface area contributed by atoms with Crippen LogP contribution in [0.3, 0.4) is 0 Å². The molecule has 9 heterocycles. The summed E-state index contributed by atoms with van der Waals surface area (Å²) in [7, 11) is 4.87. The first-order valence-electron chi connectivity index (χ1n) is 23.4. The Bertz CT molecular complexity index is 4030. The van der Waals surface area contributed by atoms with Crippen LogP contribution < -0.4 is 48.0 Å². The van der Waals surface area contributed by atoms with Crippen molar-refractivity contribution in [1.82, 2.24) is 58.6 Å². The van der Waals surface area contributed by atoms with Crippen molar-refractivity contribution in [3.8, 4) is 68.7 Å². The summed E-state index contributed by atoms with van der Waals surface area (Å²) in [6.07, 6.45) is 4.40. The standard InChI is InChI=1S/3C18H14N4O3S/c3*1-10-14(22(2)18(24)21-16(10)23)11-3-5-12(6-4-11)25-17-15-13(7-8-26-15)19-9-20-17/h3*3-9H,1-2H3,(H,21,23,24). The highest BCUT2D eigenvalue weighted by Gasteiger charge is 2.16. The molecule has 24 heteroatoms. The molecule has 0 amide bonds. The molecular weight excluding hydrogens is 1060 g/mol. The number of fused-ring (bicyclic) bond motifs is 3. The lowest BCUT2D eigenvalue weighted by atomic mass is 10.1. The zero-order valence-electron chi connectivity index (χ0n) is 42.0. The number of aromatic nitrogens is 12. The van der Waals surface area contributed by atoms with Crippen LogP contribution in [0, 0.1) is 20.8 Å². The highest BCUT2D eigenvalue weighted by molar-refractivity contribution is 7.18. The third kappa shape index (κ3) is 10.4. The van der Waals surface area contributed by atoms with Crippen molar-refractivity contribution >= 4 is 64.7 Å². The maximum Gasteiger partial charge on any atom is 0.328 e. The molecule has 3 aromatic carbocycles. The Kier molecular flexibility index (Phi) is 14.5. The molecule has 0 aliphatic rings. The van der Waals surface area contributed by atoms with Gasteiger partial charge in [-0.3, -0.25) is 43.0 Å². The summed E-state index contributed by atoms with van der Waals surface area (Å²) in [4.78, 5) is 103. The first kappa shape index (κ1) is 51.7. The van der Waals surface area contributed by atoms with E-state index in [0.717, 1.165) is 47.3 Å². The molecule has 0 bridgehead atoms. The predicted molar refractivity (Wildman–Crippen MR) is 300 cm³/mol. The van der Waals surface area contributed by atoms with Gasteiger partial charge in [0.05, 0.1) is 33.6 Å². The van der Waals surface area contributed by atoms with Crippen LogP contribution in [0.25, 0.3) is 64.4 Å². The van der Waals surface area contributed by atoms with Crippen molar-refractivity contribution in [3.05, 3.63) is 205 Å². The molecule has 9 aromatic heterocycles. The summed E-state index contributed by atoms with van der Waals surface area (Å²) in [5.74, 6) is 3.31. The Morgan fingerprint density at radius 2 is 0.628 bits per heavy atom. The van der Waals surface area contributed by atoms with Crippen molar-refractivity contribution in [2.75, 3.05) is 0 Å². The van der Waals surface area contributed by atoms with Crippen molar-refractivity contribution < 1.29 is 14.2 Å². The third-order valence-electron chi connectivity index (χ3n) is 12.3. The van der Waals surface area contributed by atoms with Gasteiger partial charge in [-0.25, -0.2) is 44.3 Å². The molecule has 3 N–H and O–H groups in total. The van der Waals surface area contributed by atoms with Crippen LogP contribution in [0.4, 0.5) is 0 Å². The van der Waals surface area contributed by atoms with Gasteiger partial charge in [-0.2, -0.15) is 0 Å². The molecule has 0 unspecified atom stereocenters. The minimum atomic E-state index is -0.447. The van der Waals surface area contributed by atoms with Crippen LogP contribution in [0.2, 0.25) is 0 Å². The van der Waals surface area contributed by atoms with E-state index < -0.39 is 17.1 Å². The number of rotatable bonds is 9. The fraction of sp³-hybridized carbons (Fsp3) is 0.111. The number of ether oxygens (including phenoxy) is 3. The lowest BCUT2D eigenvalue weighted by Gasteiger charge is -2.11. The molecular formula is C54H42N12O9S3. The highest BCUT2D eigenvalue weighted by atomic mass is 32.1. The van der Waals surface area contributed by atoms with Crippen LogP contribution in [-0.4, -0.2) is 58.6 Å². The molecule has 12 aromatic rings. The summed E-state index contributed by atoms with van der Waals surface area (Å²) in [5, 5.41) is 5.81. The summed E-state index contributed by atoms with van der Waals surface area (Å²) in [5.41, 5.74) is 5.46. The van der Waals surface area contributed by atoms with E-state index in [1.807, 2.05) is 70.7 Å². The van der Waals surface area contributed by atoms with Crippen LogP contribution in [0.15, 0.2) is 155 Å². The van der Waals surface area contributed by atoms with E-state index in [9.17, 15) is 28.8 Å². The first-order valence-corrected chi connectivity index (χ1v) is 26.1. The molecule has 0 radical (unpaired) electrons. The molecule has 390 valence electrons. The average Bonchev–Trinajstić information content (AvgIpc) is 4.27. The van der Waals surface area contributed by atoms with Crippen LogP contribution in [-0.2, 0) is 21.1 Å². The van der Waals surface area contributed by atoms with E-state index in [1.165, 1.54) is 66.7 Å². The fourth-order valence-corrected chi connectivity index (χ4v) is 10.6. The number of nitrogens with zero attached hydrogens (tertiary/aromatic N) is 9. The lowest BCUT2D eigenvalue weighted by molar-refractivity contribution is 0.469. The maximum atomic E-state index is 11.9. The van der Waals surface area contributed by atoms with E-state index in [4.69, 9.17) is 14.2 Å². The van der Waals surface area contributed by atoms with E-state index >= 15 is 0 Å². The van der Waals surface area contributed by atoms with Gasteiger partial charge in [0.2, 0.25) is 17.6 Å². The van der Waals surface area contributed by atoms with Gasteiger partial charge in [-0.15, -0.1) is 34.0 Å². The molecule has 0 saturated heterocycles. The second kappa shape index (κ2) is 21.8. The number of benzene rings is 3. The number of aromatic amines is 3. The van der Waals surface area contributed by atoms with Crippen molar-refractivity contribution in [1.29, 1.82) is 0 Å². The summed E-state index contributed by atoms with van der Waals surface area (Å²) >= 11 is 4.54. The number of nitrogens with one attached hydrogen (secondary N) is 3. The van der Waals surface area contributed by atoms with E-state index in [-0.39, 0.29) is 16.7 Å². The molecule has 21 nitrogen and oxygen atoms in total. The van der Waals surface area contributed by atoms with E-state index in [2.05, 4.69) is 44.9 Å². The van der Waals surface area contributed by atoms with Gasteiger partial charge >= 0.3 is 17.1 Å². The van der Waals surface area contributed by atoms with Gasteiger partial charge < -0.3 is 14.2 Å². The summed E-state index contributed by atoms with van der Waals surface area (Å²) in [6.45, 7) is 5.06. The average molecular weight is 1100 g/mol. The summed E-state index contributed by atoms with van der Waals surface area (Å²) in [6, 6.07) is 27.3. The number of H-pyrrole nitrogens is 3. The highest BCUT2D eigenvalue weighted by Crippen LogP contribution is 2.35. The molecule has 0 fully saturated rings. The molecule has 78 heavy (non-hydrogen) atoms. The Morgan fingerprint density at radius 3 is 0.885 bits per heavy atom. The largest absolute Gasteiger partial charge is 0.437 e. The quantitative estimate of drug-likeness (QED) is 0.122.